The zero-order valence-corrected chi connectivity index (χ0v) is 28.9. The van der Waals surface area contributed by atoms with Gasteiger partial charge in [-0.2, -0.15) is 0 Å². The molecular weight excluding hydrogens is 626 g/mol. The Morgan fingerprint density at radius 2 is 1.93 bits per heavy atom. The molecular formula is C31H39ClF2N4O4SSi. The van der Waals surface area contributed by atoms with Gasteiger partial charge in [-0.15, -0.1) is 0 Å². The van der Waals surface area contributed by atoms with Gasteiger partial charge in [0.25, 0.3) is 0 Å². The third kappa shape index (κ3) is 7.75. The van der Waals surface area contributed by atoms with E-state index in [-0.39, 0.29) is 40.0 Å². The Morgan fingerprint density at radius 1 is 1.23 bits per heavy atom. The number of ketones is 1. The van der Waals surface area contributed by atoms with Crippen molar-refractivity contribution >= 4 is 60.4 Å². The maximum Gasteiger partial charge on any atom is 0.418 e. The average molecular weight is 665 g/mol. The molecule has 4 rings (SSSR count). The molecule has 1 aliphatic carbocycles. The number of carbonyl (C=O) groups is 2. The lowest BCUT2D eigenvalue weighted by molar-refractivity contribution is -0.117. The van der Waals surface area contributed by atoms with Gasteiger partial charge in [-0.05, 0) is 70.9 Å². The normalized spacial score (nSPS) is 23.5. The summed E-state index contributed by atoms with van der Waals surface area (Å²) < 4.78 is 41.5. The molecule has 238 valence electrons. The van der Waals surface area contributed by atoms with Crippen LogP contribution in [0.2, 0.25) is 30.8 Å². The van der Waals surface area contributed by atoms with E-state index >= 15 is 8.78 Å². The van der Waals surface area contributed by atoms with Gasteiger partial charge in [0.05, 0.1) is 22.7 Å². The maximum absolute atomic E-state index is 15.7. The van der Waals surface area contributed by atoms with E-state index in [1.54, 1.807) is 27.7 Å². The number of hydrogen-bond donors (Lipinski definition) is 0. The topological polar surface area (TPSA) is 94.0 Å². The molecule has 1 fully saturated rings. The molecule has 0 bridgehead atoms. The van der Waals surface area contributed by atoms with E-state index in [4.69, 9.17) is 26.1 Å². The Kier molecular flexibility index (Phi) is 9.80. The molecule has 1 aromatic heterocycles. The van der Waals surface area contributed by atoms with Crippen molar-refractivity contribution in [2.24, 2.45) is 10.9 Å². The van der Waals surface area contributed by atoms with E-state index in [0.29, 0.717) is 18.6 Å². The summed E-state index contributed by atoms with van der Waals surface area (Å²) in [5.41, 5.74) is -1.55. The number of aromatic nitrogens is 2. The van der Waals surface area contributed by atoms with Crippen molar-refractivity contribution in [1.29, 1.82) is 0 Å². The first-order valence-corrected chi connectivity index (χ1v) is 19.3. The molecule has 2 aliphatic rings. The molecule has 2 heterocycles. The number of ether oxygens (including phenoxy) is 2. The van der Waals surface area contributed by atoms with Crippen LogP contribution >= 0.6 is 23.4 Å². The van der Waals surface area contributed by atoms with Gasteiger partial charge in [0.2, 0.25) is 0 Å². The van der Waals surface area contributed by atoms with Crippen molar-refractivity contribution in [1.82, 2.24) is 14.9 Å². The minimum absolute atomic E-state index is 0.0271. The van der Waals surface area contributed by atoms with Crippen LogP contribution in [0, 0.1) is 11.7 Å². The van der Waals surface area contributed by atoms with Crippen molar-refractivity contribution in [3.63, 3.8) is 0 Å². The van der Waals surface area contributed by atoms with Gasteiger partial charge in [-0.1, -0.05) is 49.1 Å². The number of amides is 1. The summed E-state index contributed by atoms with van der Waals surface area (Å²) >= 11 is 6.96. The quantitative estimate of drug-likeness (QED) is 0.153. The predicted molar refractivity (Wildman–Crippen MR) is 173 cm³/mol. The Balaban J connectivity index is 1.76. The fourth-order valence-corrected chi connectivity index (χ4v) is 7.43. The fraction of sp³-hybridized carbons (Fsp3) is 0.516. The molecule has 1 amide bonds. The molecule has 2 aromatic rings. The van der Waals surface area contributed by atoms with Crippen LogP contribution in [0.3, 0.4) is 0 Å². The van der Waals surface area contributed by atoms with Crippen molar-refractivity contribution in [3.05, 3.63) is 58.4 Å². The van der Waals surface area contributed by atoms with E-state index in [9.17, 15) is 9.59 Å². The standard InChI is InChI=1S/C31H39ClF2N4O4SSi/c1-19(39)31-15-25(31)30(5,21-13-20(9-10-22(21)33)14-23(34)24-16-36-26(32)17-35-24)37-27(43-31)38(28(40)42-29(2,3)4)18-41-11-12-44(6,7)8/h9-10,13-14,16-17,25H,11-12,15,18H2,1-8H3/b23-14-/t25-,30+,31+/m0/s1. The molecule has 13 heteroatoms. The Morgan fingerprint density at radius 3 is 2.52 bits per heavy atom. The minimum Gasteiger partial charge on any atom is -0.443 e. The molecule has 3 atom stereocenters. The zero-order valence-electron chi connectivity index (χ0n) is 26.3. The lowest BCUT2D eigenvalue weighted by atomic mass is 9.84. The van der Waals surface area contributed by atoms with E-state index < -0.39 is 41.7 Å². The number of thioether (sulfide) groups is 1. The Hall–Kier alpha value is -2.67. The third-order valence-electron chi connectivity index (χ3n) is 7.54. The number of fused-ring (bicyclic) bond motifs is 1. The molecule has 8 nitrogen and oxygen atoms in total. The number of halogens is 3. The van der Waals surface area contributed by atoms with Crippen LogP contribution in [0.4, 0.5) is 13.6 Å². The van der Waals surface area contributed by atoms with Crippen LogP contribution < -0.4 is 0 Å². The van der Waals surface area contributed by atoms with Gasteiger partial charge in [0, 0.05) is 26.2 Å². The van der Waals surface area contributed by atoms with Crippen molar-refractivity contribution in [2.75, 3.05) is 13.3 Å². The van der Waals surface area contributed by atoms with Crippen LogP contribution in [0.1, 0.15) is 57.9 Å². The van der Waals surface area contributed by atoms with Crippen LogP contribution in [-0.2, 0) is 19.8 Å². The number of rotatable bonds is 9. The van der Waals surface area contributed by atoms with Gasteiger partial charge in [0.1, 0.15) is 34.8 Å². The molecule has 1 aromatic carbocycles. The van der Waals surface area contributed by atoms with E-state index in [0.717, 1.165) is 6.04 Å². The highest BCUT2D eigenvalue weighted by molar-refractivity contribution is 8.16. The van der Waals surface area contributed by atoms with Crippen molar-refractivity contribution in [2.45, 2.75) is 82.6 Å². The lowest BCUT2D eigenvalue weighted by Gasteiger charge is -2.37. The molecule has 0 unspecified atom stereocenters. The number of amidine groups is 1. The highest BCUT2D eigenvalue weighted by Gasteiger charge is 2.70. The predicted octanol–water partition coefficient (Wildman–Crippen LogP) is 7.95. The average Bonchev–Trinajstić information content (AvgIpc) is 3.66. The van der Waals surface area contributed by atoms with E-state index in [1.165, 1.54) is 60.3 Å². The number of aliphatic imine (C=N–C) groups is 1. The van der Waals surface area contributed by atoms with Gasteiger partial charge < -0.3 is 9.47 Å². The highest BCUT2D eigenvalue weighted by atomic mass is 35.5. The molecule has 0 radical (unpaired) electrons. The van der Waals surface area contributed by atoms with Crippen molar-refractivity contribution < 1.29 is 27.8 Å². The number of nitrogens with zero attached hydrogens (tertiary/aromatic N) is 4. The second-order valence-corrected chi connectivity index (χ2v) is 20.9. The molecule has 0 saturated heterocycles. The Bertz CT molecular complexity index is 1490. The maximum atomic E-state index is 15.7. The monoisotopic (exact) mass is 664 g/mol. The highest BCUT2D eigenvalue weighted by Crippen LogP contribution is 2.67. The zero-order chi connectivity index (χ0) is 32.7. The summed E-state index contributed by atoms with van der Waals surface area (Å²) in [5.74, 6) is -1.70. The van der Waals surface area contributed by atoms with Crippen LogP contribution in [0.25, 0.3) is 11.9 Å². The molecule has 1 aliphatic heterocycles. The minimum atomic E-state index is -1.41. The second-order valence-electron chi connectivity index (χ2n) is 13.6. The smallest absolute Gasteiger partial charge is 0.418 e. The molecule has 44 heavy (non-hydrogen) atoms. The first-order valence-electron chi connectivity index (χ1n) is 14.4. The SMILES string of the molecule is CC(=O)[C@]12C[C@H]1[C@@](C)(c1cc(/C=C(\F)c3cnc(Cl)cn3)ccc1F)N=C(N(COCC[Si](C)(C)C)C(=O)OC(C)(C)C)S2. The lowest BCUT2D eigenvalue weighted by Crippen LogP contribution is -2.46. The van der Waals surface area contributed by atoms with Crippen LogP contribution in [-0.4, -0.2) is 63.7 Å². The van der Waals surface area contributed by atoms with Crippen LogP contribution in [0.15, 0.2) is 35.6 Å². The van der Waals surface area contributed by atoms with Crippen LogP contribution in [0.5, 0.6) is 0 Å². The summed E-state index contributed by atoms with van der Waals surface area (Å²) in [4.78, 5) is 40.6. The first kappa shape index (κ1) is 34.2. The molecule has 0 spiro atoms. The van der Waals surface area contributed by atoms with Crippen molar-refractivity contribution in [3.8, 4) is 0 Å². The third-order valence-corrected chi connectivity index (χ3v) is 11.0. The summed E-state index contributed by atoms with van der Waals surface area (Å²) in [5, 5.41) is 0.337. The molecule has 1 saturated carbocycles. The summed E-state index contributed by atoms with van der Waals surface area (Å²) in [6, 6.07) is 5.08. The molecule has 0 N–H and O–H groups in total. The van der Waals surface area contributed by atoms with Gasteiger partial charge in [-0.3, -0.25) is 9.79 Å². The number of benzene rings is 1. The van der Waals surface area contributed by atoms with E-state index in [2.05, 4.69) is 29.6 Å². The fourth-order valence-electron chi connectivity index (χ4n) is 5.01. The second kappa shape index (κ2) is 12.6. The summed E-state index contributed by atoms with van der Waals surface area (Å²) in [6.45, 7) is 15.5. The summed E-state index contributed by atoms with van der Waals surface area (Å²) in [6.07, 6.45) is 3.41. The van der Waals surface area contributed by atoms with E-state index in [1.807, 2.05) is 0 Å². The largest absolute Gasteiger partial charge is 0.443 e. The van der Waals surface area contributed by atoms with Gasteiger partial charge in [0.15, 0.2) is 11.0 Å². The Labute approximate surface area is 267 Å². The number of Topliss-reactive ketones (excluding diaryl/α,β-unsaturated/α-hetero) is 1. The summed E-state index contributed by atoms with van der Waals surface area (Å²) in [7, 11) is -1.41. The number of carbonyl (C=O) groups excluding carboxylic acids is 2. The first-order chi connectivity index (χ1) is 20.3. The van der Waals surface area contributed by atoms with Gasteiger partial charge >= 0.3 is 6.09 Å². The number of hydrogen-bond acceptors (Lipinski definition) is 8. The van der Waals surface area contributed by atoms with Gasteiger partial charge in [-0.25, -0.2) is 28.4 Å².